The quantitative estimate of drug-likeness (QED) is 0.546. The highest BCUT2D eigenvalue weighted by Crippen LogP contribution is 2.24. The van der Waals surface area contributed by atoms with E-state index in [-0.39, 0.29) is 11.6 Å². The van der Waals surface area contributed by atoms with E-state index in [1.165, 1.54) is 12.7 Å². The Morgan fingerprint density at radius 3 is 2.21 bits per heavy atom. The first-order valence-electron chi connectivity index (χ1n) is 8.34. The monoisotopic (exact) mass is 391 g/mol. The molecular formula is C20H14ClN5O2. The molecule has 0 aliphatic rings. The maximum atomic E-state index is 12.5. The average Bonchev–Trinajstić information content (AvgIpc) is 3.26. The zero-order valence-electron chi connectivity index (χ0n) is 14.5. The van der Waals surface area contributed by atoms with Crippen LogP contribution in [0.15, 0.2) is 79.4 Å². The predicted molar refractivity (Wildman–Crippen MR) is 105 cm³/mol. The van der Waals surface area contributed by atoms with Gasteiger partial charge in [0.05, 0.1) is 0 Å². The van der Waals surface area contributed by atoms with Gasteiger partial charge in [-0.15, -0.1) is 10.2 Å². The largest absolute Gasteiger partial charge is 0.457 e. The molecule has 0 aliphatic heterocycles. The van der Waals surface area contributed by atoms with E-state index in [4.69, 9.17) is 16.3 Å². The van der Waals surface area contributed by atoms with Crippen molar-refractivity contribution in [2.24, 2.45) is 0 Å². The lowest BCUT2D eigenvalue weighted by atomic mass is 10.2. The molecule has 0 spiro atoms. The molecule has 138 valence electrons. The van der Waals surface area contributed by atoms with Crippen LogP contribution in [0.3, 0.4) is 0 Å². The Hall–Kier alpha value is -3.71. The van der Waals surface area contributed by atoms with Crippen molar-refractivity contribution in [3.05, 3.63) is 90.1 Å². The average molecular weight is 392 g/mol. The van der Waals surface area contributed by atoms with E-state index >= 15 is 0 Å². The van der Waals surface area contributed by atoms with Crippen LogP contribution in [-0.4, -0.2) is 25.7 Å². The number of halogens is 1. The molecule has 1 amide bonds. The number of aromatic nitrogens is 4. The van der Waals surface area contributed by atoms with E-state index in [2.05, 4.69) is 20.5 Å². The highest BCUT2D eigenvalue weighted by atomic mass is 35.5. The lowest BCUT2D eigenvalue weighted by Crippen LogP contribution is -2.14. The van der Waals surface area contributed by atoms with E-state index in [1.54, 1.807) is 71.3 Å². The van der Waals surface area contributed by atoms with Crippen LogP contribution in [0, 0.1) is 0 Å². The van der Waals surface area contributed by atoms with Crippen LogP contribution in [0.5, 0.6) is 11.5 Å². The highest BCUT2D eigenvalue weighted by molar-refractivity contribution is 6.30. The van der Waals surface area contributed by atoms with Crippen LogP contribution in [-0.2, 0) is 0 Å². The molecule has 2 heterocycles. The summed E-state index contributed by atoms with van der Waals surface area (Å²) in [6.07, 6.45) is 3.03. The normalized spacial score (nSPS) is 10.5. The summed E-state index contributed by atoms with van der Waals surface area (Å²) in [5.41, 5.74) is 0.914. The molecule has 28 heavy (non-hydrogen) atoms. The molecule has 2 aromatic heterocycles. The van der Waals surface area contributed by atoms with Crippen molar-refractivity contribution in [2.75, 3.05) is 5.32 Å². The number of carbonyl (C=O) groups is 1. The summed E-state index contributed by atoms with van der Waals surface area (Å²) in [7, 11) is 0. The fraction of sp³-hybridized carbons (Fsp3) is 0. The molecule has 0 bridgehead atoms. The second-order valence-corrected chi connectivity index (χ2v) is 6.22. The van der Waals surface area contributed by atoms with Gasteiger partial charge in [0.2, 0.25) is 0 Å². The molecule has 2 aromatic carbocycles. The van der Waals surface area contributed by atoms with Crippen molar-refractivity contribution in [3.63, 3.8) is 0 Å². The first-order chi connectivity index (χ1) is 13.7. The number of nitrogens with one attached hydrogen (secondary N) is 1. The van der Waals surface area contributed by atoms with Gasteiger partial charge in [0, 0.05) is 10.7 Å². The van der Waals surface area contributed by atoms with Crippen molar-refractivity contribution in [1.82, 2.24) is 19.7 Å². The van der Waals surface area contributed by atoms with Crippen molar-refractivity contribution < 1.29 is 9.53 Å². The van der Waals surface area contributed by atoms with E-state index in [0.717, 1.165) is 0 Å². The van der Waals surface area contributed by atoms with Crippen LogP contribution < -0.4 is 10.1 Å². The van der Waals surface area contributed by atoms with E-state index in [0.29, 0.717) is 28.0 Å². The van der Waals surface area contributed by atoms with Crippen molar-refractivity contribution >= 4 is 23.2 Å². The SMILES string of the molecule is O=C(Nc1ccc(Oc2ccc(Cl)cc2)cc1)c1cccc(-n2cnnc2)n1. The lowest BCUT2D eigenvalue weighted by Gasteiger charge is -2.09. The summed E-state index contributed by atoms with van der Waals surface area (Å²) >= 11 is 5.86. The molecule has 0 unspecified atom stereocenters. The second-order valence-electron chi connectivity index (χ2n) is 5.78. The number of amides is 1. The van der Waals surface area contributed by atoms with Gasteiger partial charge in [-0.25, -0.2) is 4.98 Å². The van der Waals surface area contributed by atoms with Gasteiger partial charge in [0.25, 0.3) is 5.91 Å². The molecule has 0 atom stereocenters. The molecule has 8 heteroatoms. The van der Waals surface area contributed by atoms with Gasteiger partial charge < -0.3 is 10.1 Å². The number of benzene rings is 2. The molecule has 0 fully saturated rings. The minimum absolute atomic E-state index is 0.285. The standard InChI is InChI=1S/C20H14ClN5O2/c21-14-4-8-16(9-5-14)28-17-10-6-15(7-11-17)24-20(27)18-2-1-3-19(25-18)26-12-22-23-13-26/h1-13H,(H,24,27). The first kappa shape index (κ1) is 17.7. The van der Waals surface area contributed by atoms with E-state index < -0.39 is 0 Å². The van der Waals surface area contributed by atoms with Crippen molar-refractivity contribution in [1.29, 1.82) is 0 Å². The Morgan fingerprint density at radius 2 is 1.54 bits per heavy atom. The smallest absolute Gasteiger partial charge is 0.274 e. The fourth-order valence-electron chi connectivity index (χ4n) is 2.45. The van der Waals surface area contributed by atoms with Crippen molar-refractivity contribution in [2.45, 2.75) is 0 Å². The Bertz CT molecular complexity index is 1080. The molecule has 4 rings (SSSR count). The third-order valence-electron chi connectivity index (χ3n) is 3.81. The zero-order chi connectivity index (χ0) is 19.3. The van der Waals surface area contributed by atoms with E-state index in [9.17, 15) is 4.79 Å². The van der Waals surface area contributed by atoms with Gasteiger partial charge in [-0.2, -0.15) is 0 Å². The summed E-state index contributed by atoms with van der Waals surface area (Å²) in [5, 5.41) is 10.9. The van der Waals surface area contributed by atoms with Crippen molar-refractivity contribution in [3.8, 4) is 17.3 Å². The number of carbonyl (C=O) groups excluding carboxylic acids is 1. The zero-order valence-corrected chi connectivity index (χ0v) is 15.2. The molecular weight excluding hydrogens is 378 g/mol. The topological polar surface area (TPSA) is 81.9 Å². The van der Waals surface area contributed by atoms with Gasteiger partial charge in [-0.3, -0.25) is 9.36 Å². The van der Waals surface area contributed by atoms with Gasteiger partial charge in [-0.05, 0) is 60.7 Å². The Morgan fingerprint density at radius 1 is 0.893 bits per heavy atom. The molecule has 0 radical (unpaired) electrons. The Balaban J connectivity index is 1.43. The number of ether oxygens (including phenoxy) is 1. The lowest BCUT2D eigenvalue weighted by molar-refractivity contribution is 0.102. The summed E-state index contributed by atoms with van der Waals surface area (Å²) in [5.74, 6) is 1.56. The maximum absolute atomic E-state index is 12.5. The van der Waals surface area contributed by atoms with Crippen LogP contribution in [0.25, 0.3) is 5.82 Å². The van der Waals surface area contributed by atoms with Gasteiger partial charge in [-0.1, -0.05) is 17.7 Å². The highest BCUT2D eigenvalue weighted by Gasteiger charge is 2.10. The van der Waals surface area contributed by atoms with E-state index in [1.807, 2.05) is 0 Å². The molecule has 4 aromatic rings. The minimum atomic E-state index is -0.318. The summed E-state index contributed by atoms with van der Waals surface area (Å²) in [4.78, 5) is 16.8. The molecule has 0 saturated carbocycles. The van der Waals surface area contributed by atoms with Crippen LogP contribution >= 0.6 is 11.6 Å². The van der Waals surface area contributed by atoms with Gasteiger partial charge >= 0.3 is 0 Å². The number of rotatable bonds is 5. The van der Waals surface area contributed by atoms with Crippen LogP contribution in [0.1, 0.15) is 10.5 Å². The number of pyridine rings is 1. The van der Waals surface area contributed by atoms with Crippen LogP contribution in [0.2, 0.25) is 5.02 Å². The minimum Gasteiger partial charge on any atom is -0.457 e. The van der Waals surface area contributed by atoms with Gasteiger partial charge in [0.1, 0.15) is 35.7 Å². The third-order valence-corrected chi connectivity index (χ3v) is 4.06. The summed E-state index contributed by atoms with van der Waals surface area (Å²) < 4.78 is 7.36. The number of anilines is 1. The maximum Gasteiger partial charge on any atom is 0.274 e. The molecule has 7 nitrogen and oxygen atoms in total. The molecule has 0 aliphatic carbocycles. The second kappa shape index (κ2) is 7.89. The fourth-order valence-corrected chi connectivity index (χ4v) is 2.58. The van der Waals surface area contributed by atoms with Crippen LogP contribution in [0.4, 0.5) is 5.69 Å². The summed E-state index contributed by atoms with van der Waals surface area (Å²) in [6, 6.07) is 19.3. The Kier molecular flexibility index (Phi) is 4.99. The Labute approximate surface area is 165 Å². The predicted octanol–water partition coefficient (Wildman–Crippen LogP) is 4.36. The first-order valence-corrected chi connectivity index (χ1v) is 8.72. The number of hydrogen-bond acceptors (Lipinski definition) is 5. The summed E-state index contributed by atoms with van der Waals surface area (Å²) in [6.45, 7) is 0. The number of hydrogen-bond donors (Lipinski definition) is 1. The third kappa shape index (κ3) is 4.16. The molecule has 1 N–H and O–H groups in total. The van der Waals surface area contributed by atoms with Gasteiger partial charge in [0.15, 0.2) is 0 Å². The number of nitrogens with zero attached hydrogens (tertiary/aromatic N) is 4. The molecule has 0 saturated heterocycles.